The largest absolute Gasteiger partial charge is 0.386 e. The van der Waals surface area contributed by atoms with Gasteiger partial charge in [-0.15, -0.1) is 11.3 Å². The minimum atomic E-state index is -0.386. The van der Waals surface area contributed by atoms with Gasteiger partial charge in [-0.05, 0) is 38.1 Å². The quantitative estimate of drug-likeness (QED) is 0.867. The molecule has 0 spiro atoms. The van der Waals surface area contributed by atoms with E-state index in [1.807, 2.05) is 17.5 Å². The summed E-state index contributed by atoms with van der Waals surface area (Å²) in [6.45, 7) is 4.85. The number of thiophene rings is 1. The van der Waals surface area contributed by atoms with E-state index in [2.05, 4.69) is 19.2 Å². The van der Waals surface area contributed by atoms with Crippen molar-refractivity contribution in [3.05, 3.63) is 22.4 Å². The van der Waals surface area contributed by atoms with E-state index >= 15 is 0 Å². The Kier molecular flexibility index (Phi) is 4.56. The molecule has 1 aliphatic heterocycles. The van der Waals surface area contributed by atoms with Gasteiger partial charge in [-0.2, -0.15) is 0 Å². The Morgan fingerprint density at radius 2 is 2.18 bits per heavy atom. The van der Waals surface area contributed by atoms with Crippen LogP contribution in [0.25, 0.3) is 0 Å². The zero-order valence-corrected chi connectivity index (χ0v) is 11.2. The molecule has 0 saturated carbocycles. The molecule has 1 fully saturated rings. The first kappa shape index (κ1) is 13.0. The van der Waals surface area contributed by atoms with E-state index in [4.69, 9.17) is 4.74 Å². The van der Waals surface area contributed by atoms with Crippen LogP contribution in [0.15, 0.2) is 17.5 Å². The summed E-state index contributed by atoms with van der Waals surface area (Å²) < 4.78 is 5.69. The first-order valence-corrected chi connectivity index (χ1v) is 7.13. The van der Waals surface area contributed by atoms with Gasteiger partial charge in [0.15, 0.2) is 0 Å². The van der Waals surface area contributed by atoms with Crippen molar-refractivity contribution in [1.82, 2.24) is 5.32 Å². The van der Waals surface area contributed by atoms with Crippen LogP contribution in [-0.2, 0) is 4.74 Å². The number of ether oxygens (including phenoxy) is 1. The van der Waals surface area contributed by atoms with Crippen molar-refractivity contribution < 1.29 is 9.84 Å². The second-order valence-corrected chi connectivity index (χ2v) is 5.84. The summed E-state index contributed by atoms with van der Waals surface area (Å²) in [5.74, 6) is 0. The highest BCUT2D eigenvalue weighted by Crippen LogP contribution is 2.21. The summed E-state index contributed by atoms with van der Waals surface area (Å²) in [6, 6.07) is 4.41. The Labute approximate surface area is 107 Å². The number of aliphatic hydroxyl groups excluding tert-OH is 1. The summed E-state index contributed by atoms with van der Waals surface area (Å²) >= 11 is 1.60. The van der Waals surface area contributed by atoms with Gasteiger partial charge >= 0.3 is 0 Å². The maximum absolute atomic E-state index is 9.99. The van der Waals surface area contributed by atoms with Crippen molar-refractivity contribution in [2.45, 2.75) is 51.0 Å². The van der Waals surface area contributed by atoms with Gasteiger partial charge in [-0.25, -0.2) is 0 Å². The molecule has 3 nitrogen and oxygen atoms in total. The lowest BCUT2D eigenvalue weighted by Gasteiger charge is -2.33. The molecular weight excluding hydrogens is 234 g/mol. The van der Waals surface area contributed by atoms with Crippen molar-refractivity contribution in [3.8, 4) is 0 Å². The molecule has 2 heterocycles. The van der Waals surface area contributed by atoms with Crippen LogP contribution < -0.4 is 5.32 Å². The number of aliphatic hydroxyl groups is 1. The zero-order valence-electron chi connectivity index (χ0n) is 10.4. The molecule has 2 rings (SSSR count). The predicted octanol–water partition coefficient (Wildman–Crippen LogP) is 2.33. The maximum Gasteiger partial charge on any atom is 0.101 e. The van der Waals surface area contributed by atoms with E-state index in [1.165, 1.54) is 0 Å². The van der Waals surface area contributed by atoms with E-state index < -0.39 is 0 Å². The van der Waals surface area contributed by atoms with Gasteiger partial charge < -0.3 is 15.2 Å². The summed E-state index contributed by atoms with van der Waals surface area (Å²) in [5.41, 5.74) is 0. The Morgan fingerprint density at radius 1 is 1.47 bits per heavy atom. The standard InChI is InChI=1S/C13H21NO2S/c1-9-6-11(7-10(2)16-9)14-8-12(15)13-4-3-5-17-13/h3-5,9-12,14-15H,6-8H2,1-2H3/t9-,10+,11?,12-/m0/s1. The van der Waals surface area contributed by atoms with Crippen LogP contribution in [0.3, 0.4) is 0 Å². The van der Waals surface area contributed by atoms with Crippen LogP contribution in [-0.4, -0.2) is 29.9 Å². The molecule has 4 atom stereocenters. The second-order valence-electron chi connectivity index (χ2n) is 4.87. The SMILES string of the molecule is C[C@@H]1CC(NC[C@H](O)c2cccs2)C[C@H](C)O1. The van der Waals surface area contributed by atoms with E-state index in [9.17, 15) is 5.11 Å². The summed E-state index contributed by atoms with van der Waals surface area (Å²) in [6.07, 6.45) is 2.30. The third kappa shape index (κ3) is 3.78. The molecule has 96 valence electrons. The molecule has 17 heavy (non-hydrogen) atoms. The minimum Gasteiger partial charge on any atom is -0.386 e. The Hall–Kier alpha value is -0.420. The average Bonchev–Trinajstić information content (AvgIpc) is 2.78. The van der Waals surface area contributed by atoms with Gasteiger partial charge in [0, 0.05) is 17.5 Å². The van der Waals surface area contributed by atoms with Crippen molar-refractivity contribution in [3.63, 3.8) is 0 Å². The normalized spacial score (nSPS) is 31.4. The van der Waals surface area contributed by atoms with Crippen LogP contribution in [0, 0.1) is 0 Å². The number of hydrogen-bond acceptors (Lipinski definition) is 4. The predicted molar refractivity (Wildman–Crippen MR) is 70.3 cm³/mol. The third-order valence-corrected chi connectivity index (χ3v) is 4.14. The minimum absolute atomic E-state index is 0.315. The first-order valence-electron chi connectivity index (χ1n) is 6.25. The topological polar surface area (TPSA) is 41.5 Å². The highest BCUT2D eigenvalue weighted by molar-refractivity contribution is 7.10. The fourth-order valence-electron chi connectivity index (χ4n) is 2.43. The average molecular weight is 255 g/mol. The molecule has 4 heteroatoms. The number of hydrogen-bond donors (Lipinski definition) is 2. The second kappa shape index (κ2) is 5.96. The molecule has 1 aromatic rings. The van der Waals surface area contributed by atoms with Crippen molar-refractivity contribution in [1.29, 1.82) is 0 Å². The molecular formula is C13H21NO2S. The molecule has 1 saturated heterocycles. The van der Waals surface area contributed by atoms with Gasteiger partial charge in [0.2, 0.25) is 0 Å². The van der Waals surface area contributed by atoms with Crippen molar-refractivity contribution in [2.75, 3.05) is 6.54 Å². The van der Waals surface area contributed by atoms with Gasteiger partial charge in [-0.1, -0.05) is 6.07 Å². The monoisotopic (exact) mass is 255 g/mol. The highest BCUT2D eigenvalue weighted by atomic mass is 32.1. The molecule has 0 amide bonds. The lowest BCUT2D eigenvalue weighted by Crippen LogP contribution is -2.42. The first-order chi connectivity index (χ1) is 8.15. The van der Waals surface area contributed by atoms with Crippen LogP contribution in [0.2, 0.25) is 0 Å². The van der Waals surface area contributed by atoms with Crippen molar-refractivity contribution in [2.24, 2.45) is 0 Å². The molecule has 2 N–H and O–H groups in total. The molecule has 0 bridgehead atoms. The van der Waals surface area contributed by atoms with E-state index in [0.29, 0.717) is 24.8 Å². The molecule has 0 aliphatic carbocycles. The van der Waals surface area contributed by atoms with Gasteiger partial charge in [0.05, 0.1) is 12.2 Å². The Bertz CT molecular complexity index is 318. The van der Waals surface area contributed by atoms with Crippen LogP contribution in [0.1, 0.15) is 37.7 Å². The molecule has 1 aromatic heterocycles. The lowest BCUT2D eigenvalue weighted by molar-refractivity contribution is -0.0433. The summed E-state index contributed by atoms with van der Waals surface area (Å²) in [5, 5.41) is 15.4. The van der Waals surface area contributed by atoms with Crippen LogP contribution >= 0.6 is 11.3 Å². The van der Waals surface area contributed by atoms with E-state index in [-0.39, 0.29) is 6.10 Å². The van der Waals surface area contributed by atoms with E-state index in [1.54, 1.807) is 11.3 Å². The lowest BCUT2D eigenvalue weighted by atomic mass is 10.00. The fraction of sp³-hybridized carbons (Fsp3) is 0.692. The van der Waals surface area contributed by atoms with Gasteiger partial charge in [0.25, 0.3) is 0 Å². The molecule has 0 radical (unpaired) electrons. The van der Waals surface area contributed by atoms with Crippen molar-refractivity contribution >= 4 is 11.3 Å². The zero-order chi connectivity index (χ0) is 12.3. The number of nitrogens with one attached hydrogen (secondary N) is 1. The summed E-state index contributed by atoms with van der Waals surface area (Å²) in [4.78, 5) is 1.03. The molecule has 1 unspecified atom stereocenters. The molecule has 0 aromatic carbocycles. The van der Waals surface area contributed by atoms with Gasteiger partial charge in [0.1, 0.15) is 6.10 Å². The van der Waals surface area contributed by atoms with Crippen LogP contribution in [0.5, 0.6) is 0 Å². The maximum atomic E-state index is 9.99. The van der Waals surface area contributed by atoms with Gasteiger partial charge in [-0.3, -0.25) is 0 Å². The summed E-state index contributed by atoms with van der Waals surface area (Å²) in [7, 11) is 0. The fourth-order valence-corrected chi connectivity index (χ4v) is 3.14. The Morgan fingerprint density at radius 3 is 2.76 bits per heavy atom. The smallest absolute Gasteiger partial charge is 0.101 e. The third-order valence-electron chi connectivity index (χ3n) is 3.17. The molecule has 1 aliphatic rings. The van der Waals surface area contributed by atoms with E-state index in [0.717, 1.165) is 17.7 Å². The Balaban J connectivity index is 1.78. The highest BCUT2D eigenvalue weighted by Gasteiger charge is 2.24. The number of rotatable bonds is 4. The van der Waals surface area contributed by atoms with Crippen LogP contribution in [0.4, 0.5) is 0 Å².